The highest BCUT2D eigenvalue weighted by Crippen LogP contribution is 2.48. The summed E-state index contributed by atoms with van der Waals surface area (Å²) in [5.41, 5.74) is 0. The van der Waals surface area contributed by atoms with Gasteiger partial charge in [-0.25, -0.2) is 4.79 Å². The average molecular weight is 306 g/mol. The van der Waals surface area contributed by atoms with Crippen molar-refractivity contribution >= 4 is 17.9 Å². The summed E-state index contributed by atoms with van der Waals surface area (Å²) in [6, 6.07) is 10.5. The van der Waals surface area contributed by atoms with Crippen LogP contribution < -0.4 is 0 Å². The molecule has 1 atom stereocenters. The highest BCUT2D eigenvalue weighted by atomic mass is 32.2. The van der Waals surface area contributed by atoms with E-state index in [1.54, 1.807) is 0 Å². The van der Waals surface area contributed by atoms with Crippen molar-refractivity contribution in [3.05, 3.63) is 30.3 Å². The molecule has 0 N–H and O–H groups in total. The van der Waals surface area contributed by atoms with Crippen molar-refractivity contribution in [1.29, 1.82) is 0 Å². The van der Waals surface area contributed by atoms with Crippen molar-refractivity contribution < 1.29 is 14.3 Å². The van der Waals surface area contributed by atoms with Crippen LogP contribution in [0.1, 0.15) is 44.9 Å². The minimum atomic E-state index is -0.490. The third-order valence-electron chi connectivity index (χ3n) is 4.42. The van der Waals surface area contributed by atoms with Gasteiger partial charge in [0.25, 0.3) is 0 Å². The Morgan fingerprint density at radius 3 is 2.57 bits per heavy atom. The van der Waals surface area contributed by atoms with Crippen LogP contribution in [-0.4, -0.2) is 23.6 Å². The van der Waals surface area contributed by atoms with Crippen LogP contribution in [0.4, 0.5) is 4.79 Å². The van der Waals surface area contributed by atoms with Crippen molar-refractivity contribution in [1.82, 2.24) is 0 Å². The summed E-state index contributed by atoms with van der Waals surface area (Å²) < 4.78 is 10.7. The molecule has 2 fully saturated rings. The van der Waals surface area contributed by atoms with Gasteiger partial charge in [0.2, 0.25) is 0 Å². The Bertz CT molecular complexity index is 468. The van der Waals surface area contributed by atoms with Gasteiger partial charge in [-0.1, -0.05) is 37.5 Å². The van der Waals surface area contributed by atoms with E-state index in [9.17, 15) is 4.79 Å². The number of carbonyl (C=O) groups is 1. The fraction of sp³-hybridized carbons (Fsp3) is 0.588. The smallest absolute Gasteiger partial charge is 0.434 e. The first-order valence-corrected chi connectivity index (χ1v) is 8.68. The number of cyclic esters (lactones) is 2. The molecule has 1 aromatic rings. The maximum absolute atomic E-state index is 11.7. The van der Waals surface area contributed by atoms with Gasteiger partial charge in [-0.2, -0.15) is 0 Å². The fourth-order valence-corrected chi connectivity index (χ4v) is 4.92. The molecule has 1 saturated heterocycles. The van der Waals surface area contributed by atoms with Gasteiger partial charge in [-0.05, 0) is 37.8 Å². The van der Waals surface area contributed by atoms with Gasteiger partial charge < -0.3 is 9.47 Å². The van der Waals surface area contributed by atoms with E-state index in [0.717, 1.165) is 25.7 Å². The van der Waals surface area contributed by atoms with Crippen LogP contribution in [0.2, 0.25) is 0 Å². The molecule has 1 aromatic carbocycles. The molecule has 0 bridgehead atoms. The minimum Gasteiger partial charge on any atom is -0.434 e. The van der Waals surface area contributed by atoms with E-state index in [1.165, 1.54) is 24.2 Å². The molecule has 0 radical (unpaired) electrons. The molecule has 1 saturated carbocycles. The summed E-state index contributed by atoms with van der Waals surface area (Å²) in [5.74, 6) is 0. The Labute approximate surface area is 130 Å². The molecule has 0 spiro atoms. The lowest BCUT2D eigenvalue weighted by atomic mass is 9.82. The Morgan fingerprint density at radius 1 is 1.05 bits per heavy atom. The second kappa shape index (κ2) is 6.73. The van der Waals surface area contributed by atoms with Gasteiger partial charge in [0.15, 0.2) is 0 Å². The van der Waals surface area contributed by atoms with Gasteiger partial charge in [-0.15, -0.1) is 11.8 Å². The highest BCUT2D eigenvalue weighted by Gasteiger charge is 2.44. The zero-order valence-electron chi connectivity index (χ0n) is 12.3. The molecule has 1 aliphatic heterocycles. The van der Waals surface area contributed by atoms with Gasteiger partial charge >= 0.3 is 6.16 Å². The summed E-state index contributed by atoms with van der Waals surface area (Å²) in [7, 11) is 0. The molecule has 1 heterocycles. The number of ether oxygens (including phenoxy) is 2. The van der Waals surface area contributed by atoms with Crippen LogP contribution in [-0.2, 0) is 9.47 Å². The number of hydrogen-bond donors (Lipinski definition) is 0. The predicted molar refractivity (Wildman–Crippen MR) is 83.6 cm³/mol. The van der Waals surface area contributed by atoms with Crippen molar-refractivity contribution in [2.24, 2.45) is 0 Å². The number of rotatable bonds is 3. The Hall–Kier alpha value is -1.16. The van der Waals surface area contributed by atoms with Crippen LogP contribution in [0.25, 0.3) is 0 Å². The van der Waals surface area contributed by atoms with Crippen molar-refractivity contribution in [2.45, 2.75) is 60.7 Å². The highest BCUT2D eigenvalue weighted by molar-refractivity contribution is 8.00. The van der Waals surface area contributed by atoms with Crippen molar-refractivity contribution in [3.63, 3.8) is 0 Å². The molecular weight excluding hydrogens is 284 g/mol. The van der Waals surface area contributed by atoms with E-state index in [0.29, 0.717) is 6.61 Å². The van der Waals surface area contributed by atoms with Crippen LogP contribution in [0.15, 0.2) is 35.2 Å². The summed E-state index contributed by atoms with van der Waals surface area (Å²) in [5, 5.41) is 0. The standard InChI is InChI=1S/C17H22O3S/c18-16-19-13-7-10-15(20-16)17(11-5-2-6-12-17)21-14-8-3-1-4-9-14/h1,3-4,8-9,15H,2,5-7,10-13H2. The third-order valence-corrected chi connectivity index (χ3v) is 6.01. The van der Waals surface area contributed by atoms with Crippen LogP contribution in [0.5, 0.6) is 0 Å². The predicted octanol–water partition coefficient (Wildman–Crippen LogP) is 4.80. The largest absolute Gasteiger partial charge is 0.508 e. The molecule has 4 heteroatoms. The summed E-state index contributed by atoms with van der Waals surface area (Å²) in [6.45, 7) is 0.488. The van der Waals surface area contributed by atoms with Crippen LogP contribution in [0.3, 0.4) is 0 Å². The molecule has 1 unspecified atom stereocenters. The molecule has 3 nitrogen and oxygen atoms in total. The first-order chi connectivity index (χ1) is 10.3. The van der Waals surface area contributed by atoms with E-state index in [-0.39, 0.29) is 10.9 Å². The van der Waals surface area contributed by atoms with Gasteiger partial charge in [0, 0.05) is 4.90 Å². The molecule has 0 aromatic heterocycles. The molecule has 0 amide bonds. The number of hydrogen-bond acceptors (Lipinski definition) is 4. The molecular formula is C17H22O3S. The normalized spacial score (nSPS) is 25.5. The van der Waals surface area contributed by atoms with Gasteiger partial charge in [-0.3, -0.25) is 0 Å². The molecule has 3 rings (SSSR count). The second-order valence-electron chi connectivity index (χ2n) is 5.89. The third kappa shape index (κ3) is 3.54. The SMILES string of the molecule is O=C1OCCCC(C2(Sc3ccccc3)CCCCC2)O1. The van der Waals surface area contributed by atoms with Gasteiger partial charge in [0.1, 0.15) is 6.10 Å². The second-order valence-corrected chi connectivity index (χ2v) is 7.38. The van der Waals surface area contributed by atoms with Crippen LogP contribution >= 0.6 is 11.8 Å². The van der Waals surface area contributed by atoms with E-state index in [2.05, 4.69) is 24.3 Å². The fourth-order valence-electron chi connectivity index (χ4n) is 3.37. The van der Waals surface area contributed by atoms with Crippen molar-refractivity contribution in [2.75, 3.05) is 6.61 Å². The van der Waals surface area contributed by atoms with E-state index in [4.69, 9.17) is 9.47 Å². The monoisotopic (exact) mass is 306 g/mol. The maximum Gasteiger partial charge on any atom is 0.508 e. The van der Waals surface area contributed by atoms with Crippen LogP contribution in [0, 0.1) is 0 Å². The Kier molecular flexibility index (Phi) is 4.73. The molecule has 114 valence electrons. The van der Waals surface area contributed by atoms with Crippen molar-refractivity contribution in [3.8, 4) is 0 Å². The summed E-state index contributed by atoms with van der Waals surface area (Å²) >= 11 is 1.90. The topological polar surface area (TPSA) is 35.5 Å². The van der Waals surface area contributed by atoms with E-state index >= 15 is 0 Å². The van der Waals surface area contributed by atoms with Gasteiger partial charge in [0.05, 0.1) is 11.4 Å². The quantitative estimate of drug-likeness (QED) is 0.752. The maximum atomic E-state index is 11.7. The lowest BCUT2D eigenvalue weighted by Crippen LogP contribution is -2.43. The first-order valence-electron chi connectivity index (χ1n) is 7.86. The molecule has 1 aliphatic carbocycles. The van der Waals surface area contributed by atoms with E-state index in [1.807, 2.05) is 17.8 Å². The van der Waals surface area contributed by atoms with E-state index < -0.39 is 6.16 Å². The molecule has 21 heavy (non-hydrogen) atoms. The number of thioether (sulfide) groups is 1. The lowest BCUT2D eigenvalue weighted by Gasteiger charge is -2.41. The minimum absolute atomic E-state index is 0.0168. The Morgan fingerprint density at radius 2 is 1.81 bits per heavy atom. The zero-order chi connectivity index (χ0) is 14.5. The summed E-state index contributed by atoms with van der Waals surface area (Å²) in [4.78, 5) is 12.9. The molecule has 2 aliphatic rings. The number of benzene rings is 1. The number of carbonyl (C=O) groups excluding carboxylic acids is 1. The zero-order valence-corrected chi connectivity index (χ0v) is 13.1. The summed E-state index contributed by atoms with van der Waals surface area (Å²) in [6.07, 6.45) is 7.24. The Balaban J connectivity index is 1.83. The average Bonchev–Trinajstić information content (AvgIpc) is 2.74. The first kappa shape index (κ1) is 14.8. The lowest BCUT2D eigenvalue weighted by molar-refractivity contribution is 0.0224.